The molecule has 5 heteroatoms. The van der Waals surface area contributed by atoms with Crippen molar-refractivity contribution in [3.05, 3.63) is 71.3 Å². The Kier molecular flexibility index (Phi) is 8.48. The van der Waals surface area contributed by atoms with Gasteiger partial charge in [-0.25, -0.2) is 0 Å². The molecular formula is C25H32N2O3. The Morgan fingerprint density at radius 2 is 1.80 bits per heavy atom. The second kappa shape index (κ2) is 11.5. The highest BCUT2D eigenvalue weighted by Gasteiger charge is 2.17. The van der Waals surface area contributed by atoms with Crippen molar-refractivity contribution in [3.63, 3.8) is 0 Å². The van der Waals surface area contributed by atoms with E-state index in [0.717, 1.165) is 62.7 Å². The molecule has 2 aromatic rings. The first kappa shape index (κ1) is 22.1. The smallest absolute Gasteiger partial charge is 0.254 e. The standard InChI is InChI=1S/C25H32N2O3/c1-21(19-22-7-4-3-5-8-22)20-27(14-6-13-26-15-17-30-18-16-26)25(28)23-9-11-24(29-2)12-10-23/h3-5,7-12,19H,6,13-18,20H2,1-2H3. The predicted octanol–water partition coefficient (Wildman–Crippen LogP) is 3.96. The van der Waals surface area contributed by atoms with E-state index in [1.54, 1.807) is 7.11 Å². The Hall–Kier alpha value is -2.63. The zero-order valence-electron chi connectivity index (χ0n) is 18.0. The van der Waals surface area contributed by atoms with Crippen LogP contribution in [0.4, 0.5) is 0 Å². The summed E-state index contributed by atoms with van der Waals surface area (Å²) in [6.45, 7) is 7.95. The molecule has 0 aromatic heterocycles. The number of amides is 1. The van der Waals surface area contributed by atoms with E-state index in [0.29, 0.717) is 12.1 Å². The molecule has 0 unspecified atom stereocenters. The van der Waals surface area contributed by atoms with Crippen LogP contribution < -0.4 is 4.74 Å². The second-order valence-electron chi connectivity index (χ2n) is 7.66. The molecule has 0 aliphatic carbocycles. The molecule has 1 amide bonds. The Morgan fingerprint density at radius 1 is 1.10 bits per heavy atom. The van der Waals surface area contributed by atoms with Crippen LogP contribution in [0.25, 0.3) is 6.08 Å². The third-order valence-electron chi connectivity index (χ3n) is 5.28. The van der Waals surface area contributed by atoms with E-state index in [4.69, 9.17) is 9.47 Å². The van der Waals surface area contributed by atoms with Crippen LogP contribution in [0, 0.1) is 0 Å². The van der Waals surface area contributed by atoms with Crippen LogP contribution in [0.15, 0.2) is 60.2 Å². The van der Waals surface area contributed by atoms with Crippen LogP contribution in [-0.2, 0) is 4.74 Å². The summed E-state index contributed by atoms with van der Waals surface area (Å²) in [7, 11) is 1.63. The van der Waals surface area contributed by atoms with Crippen molar-refractivity contribution in [1.29, 1.82) is 0 Å². The fraction of sp³-hybridized carbons (Fsp3) is 0.400. The number of ether oxygens (including phenoxy) is 2. The monoisotopic (exact) mass is 408 g/mol. The van der Waals surface area contributed by atoms with Gasteiger partial charge >= 0.3 is 0 Å². The number of hydrogen-bond acceptors (Lipinski definition) is 4. The van der Waals surface area contributed by atoms with Gasteiger partial charge < -0.3 is 14.4 Å². The van der Waals surface area contributed by atoms with Crippen molar-refractivity contribution in [2.45, 2.75) is 13.3 Å². The summed E-state index contributed by atoms with van der Waals surface area (Å²) in [5.41, 5.74) is 3.00. The molecule has 0 atom stereocenters. The summed E-state index contributed by atoms with van der Waals surface area (Å²) >= 11 is 0. The van der Waals surface area contributed by atoms with E-state index in [2.05, 4.69) is 30.0 Å². The second-order valence-corrected chi connectivity index (χ2v) is 7.66. The minimum atomic E-state index is 0.0560. The Morgan fingerprint density at radius 3 is 2.47 bits per heavy atom. The van der Waals surface area contributed by atoms with Crippen molar-refractivity contribution in [1.82, 2.24) is 9.80 Å². The van der Waals surface area contributed by atoms with E-state index in [1.165, 1.54) is 0 Å². The van der Waals surface area contributed by atoms with Crippen molar-refractivity contribution in [2.24, 2.45) is 0 Å². The van der Waals surface area contributed by atoms with Crippen LogP contribution in [0.3, 0.4) is 0 Å². The number of carbonyl (C=O) groups excluding carboxylic acids is 1. The fourth-order valence-electron chi connectivity index (χ4n) is 3.66. The number of hydrogen-bond donors (Lipinski definition) is 0. The molecule has 0 N–H and O–H groups in total. The molecule has 3 rings (SSSR count). The van der Waals surface area contributed by atoms with Gasteiger partial charge in [0.05, 0.1) is 20.3 Å². The maximum absolute atomic E-state index is 13.2. The van der Waals surface area contributed by atoms with Crippen LogP contribution in [0.1, 0.15) is 29.3 Å². The van der Waals surface area contributed by atoms with Gasteiger partial charge in [0.2, 0.25) is 0 Å². The molecule has 0 saturated carbocycles. The summed E-state index contributed by atoms with van der Waals surface area (Å²) < 4.78 is 10.7. The van der Waals surface area contributed by atoms with Crippen LogP contribution in [0.5, 0.6) is 5.75 Å². The van der Waals surface area contributed by atoms with E-state index in [-0.39, 0.29) is 5.91 Å². The minimum absolute atomic E-state index is 0.0560. The van der Waals surface area contributed by atoms with Gasteiger partial charge in [-0.2, -0.15) is 0 Å². The van der Waals surface area contributed by atoms with Gasteiger partial charge in [0, 0.05) is 38.3 Å². The molecule has 5 nitrogen and oxygen atoms in total. The molecule has 2 aromatic carbocycles. The van der Waals surface area contributed by atoms with Gasteiger partial charge in [-0.3, -0.25) is 9.69 Å². The fourth-order valence-corrected chi connectivity index (χ4v) is 3.66. The molecule has 1 aliphatic heterocycles. The number of carbonyl (C=O) groups is 1. The van der Waals surface area contributed by atoms with E-state index in [1.807, 2.05) is 47.4 Å². The van der Waals surface area contributed by atoms with Gasteiger partial charge in [0.15, 0.2) is 0 Å². The first-order valence-corrected chi connectivity index (χ1v) is 10.6. The molecule has 30 heavy (non-hydrogen) atoms. The van der Waals surface area contributed by atoms with Crippen LogP contribution >= 0.6 is 0 Å². The minimum Gasteiger partial charge on any atom is -0.497 e. The third-order valence-corrected chi connectivity index (χ3v) is 5.28. The zero-order chi connectivity index (χ0) is 21.2. The van der Waals surface area contributed by atoms with Crippen molar-refractivity contribution < 1.29 is 14.3 Å². The van der Waals surface area contributed by atoms with Gasteiger partial charge in [0.25, 0.3) is 5.91 Å². The number of methoxy groups -OCH3 is 1. The predicted molar refractivity (Wildman–Crippen MR) is 121 cm³/mol. The van der Waals surface area contributed by atoms with E-state index >= 15 is 0 Å². The molecule has 160 valence electrons. The highest BCUT2D eigenvalue weighted by molar-refractivity contribution is 5.94. The third kappa shape index (κ3) is 6.71. The summed E-state index contributed by atoms with van der Waals surface area (Å²) in [6, 6.07) is 17.6. The van der Waals surface area contributed by atoms with Gasteiger partial charge in [-0.15, -0.1) is 0 Å². The van der Waals surface area contributed by atoms with Crippen molar-refractivity contribution >= 4 is 12.0 Å². The van der Waals surface area contributed by atoms with E-state index in [9.17, 15) is 4.79 Å². The highest BCUT2D eigenvalue weighted by atomic mass is 16.5. The van der Waals surface area contributed by atoms with Gasteiger partial charge in [-0.1, -0.05) is 42.0 Å². The van der Waals surface area contributed by atoms with E-state index < -0.39 is 0 Å². The summed E-state index contributed by atoms with van der Waals surface area (Å²) in [4.78, 5) is 17.6. The SMILES string of the molecule is COc1ccc(C(=O)N(CCCN2CCOCC2)CC(C)=Cc2ccccc2)cc1. The Labute approximate surface area is 179 Å². The lowest BCUT2D eigenvalue weighted by Crippen LogP contribution is -2.39. The molecule has 1 aliphatic rings. The topological polar surface area (TPSA) is 42.0 Å². The van der Waals surface area contributed by atoms with Gasteiger partial charge in [-0.05, 0) is 43.2 Å². The Balaban J connectivity index is 1.67. The zero-order valence-corrected chi connectivity index (χ0v) is 18.0. The summed E-state index contributed by atoms with van der Waals surface area (Å²) in [5.74, 6) is 0.811. The Bertz CT molecular complexity index is 812. The number of rotatable bonds is 9. The molecule has 0 radical (unpaired) electrons. The number of benzene rings is 2. The summed E-state index contributed by atoms with van der Waals surface area (Å²) in [6.07, 6.45) is 3.09. The largest absolute Gasteiger partial charge is 0.497 e. The first-order valence-electron chi connectivity index (χ1n) is 10.6. The molecule has 1 fully saturated rings. The van der Waals surface area contributed by atoms with Gasteiger partial charge in [0.1, 0.15) is 5.75 Å². The summed E-state index contributed by atoms with van der Waals surface area (Å²) in [5, 5.41) is 0. The van der Waals surface area contributed by atoms with Crippen LogP contribution in [0.2, 0.25) is 0 Å². The molecular weight excluding hydrogens is 376 g/mol. The average molecular weight is 409 g/mol. The average Bonchev–Trinajstić information content (AvgIpc) is 2.79. The first-order chi connectivity index (χ1) is 14.7. The molecule has 1 saturated heterocycles. The quantitative estimate of drug-likeness (QED) is 0.630. The lowest BCUT2D eigenvalue weighted by Gasteiger charge is -2.28. The maximum Gasteiger partial charge on any atom is 0.254 e. The lowest BCUT2D eigenvalue weighted by atomic mass is 10.1. The van der Waals surface area contributed by atoms with Crippen LogP contribution in [-0.4, -0.2) is 68.8 Å². The molecule has 0 bridgehead atoms. The highest BCUT2D eigenvalue weighted by Crippen LogP contribution is 2.15. The lowest BCUT2D eigenvalue weighted by molar-refractivity contribution is 0.0358. The van der Waals surface area contributed by atoms with Crippen molar-refractivity contribution in [2.75, 3.05) is 53.0 Å². The molecule has 0 spiro atoms. The maximum atomic E-state index is 13.2. The molecule has 1 heterocycles. The van der Waals surface area contributed by atoms with Crippen molar-refractivity contribution in [3.8, 4) is 5.75 Å². The normalized spacial score (nSPS) is 15.1. The number of nitrogens with zero attached hydrogens (tertiary/aromatic N) is 2. The number of morpholine rings is 1.